The number of hydrogen-bond donors (Lipinski definition) is 0. The lowest BCUT2D eigenvalue weighted by atomic mass is 9.90. The lowest BCUT2D eigenvalue weighted by Crippen LogP contribution is -2.31. The molecule has 5 aromatic rings. The molecule has 0 bridgehead atoms. The van der Waals surface area contributed by atoms with Gasteiger partial charge in [0, 0.05) is 38.7 Å². The van der Waals surface area contributed by atoms with Crippen molar-refractivity contribution in [2.75, 3.05) is 31.0 Å². The number of alkyl halides is 3. The molecule has 49 heavy (non-hydrogen) atoms. The van der Waals surface area contributed by atoms with Crippen LogP contribution in [0.4, 0.5) is 18.9 Å². The number of sulfonamides is 1. The average Bonchev–Trinajstić information content (AvgIpc) is 3.10. The molecule has 5 nitrogen and oxygen atoms in total. The van der Waals surface area contributed by atoms with E-state index < -0.39 is 21.8 Å². The Morgan fingerprint density at radius 1 is 0.776 bits per heavy atom. The molecule has 0 unspecified atom stereocenters. The van der Waals surface area contributed by atoms with E-state index in [0.717, 1.165) is 17.2 Å². The van der Waals surface area contributed by atoms with Gasteiger partial charge < -0.3 is 4.74 Å². The zero-order chi connectivity index (χ0) is 34.1. The number of hydrogen-bond acceptors (Lipinski definition) is 4. The number of halogens is 5. The number of anilines is 1. The van der Waals surface area contributed by atoms with Crippen LogP contribution in [-0.2, 0) is 22.7 Å². The Hall–Kier alpha value is -4.02. The highest BCUT2D eigenvalue weighted by Crippen LogP contribution is 2.37. The Morgan fingerprint density at radius 3 is 1.94 bits per heavy atom. The van der Waals surface area contributed by atoms with Gasteiger partial charge in [0.1, 0.15) is 5.75 Å². The molecule has 5 rings (SSSR count). The smallest absolute Gasteiger partial charge is 0.417 e. The monoisotopic (exact) mass is 728 g/mol. The molecule has 0 saturated carbocycles. The minimum Gasteiger partial charge on any atom is -0.493 e. The van der Waals surface area contributed by atoms with E-state index >= 15 is 0 Å². The Bertz CT molecular complexity index is 1840. The Labute approximate surface area is 297 Å². The molecule has 11 heteroatoms. The van der Waals surface area contributed by atoms with Crippen LogP contribution in [0.15, 0.2) is 138 Å². The summed E-state index contributed by atoms with van der Waals surface area (Å²) < 4.78 is 74.6. The molecule has 0 aromatic heterocycles. The fourth-order valence-corrected chi connectivity index (χ4v) is 7.07. The standard InChI is InChI=1S/C38H36ClF3N2O3S.ClH/c1-43(48(45,46)34-21-9-4-10-22-34)32-19-12-20-33(26-32)47-25-13-24-44(27-31-18-11-23-36(37(31)39)38(40,41)42)28-35(29-14-5-2-6-15-29)30-16-7-3-8-17-30;/h2-12,14-23,26,35H,13,24-25,27-28H2,1H3;1H. The predicted octanol–water partition coefficient (Wildman–Crippen LogP) is 9.71. The van der Waals surface area contributed by atoms with Crippen LogP contribution in [0.2, 0.25) is 5.02 Å². The fourth-order valence-electron chi connectivity index (χ4n) is 5.57. The van der Waals surface area contributed by atoms with Gasteiger partial charge in [0.05, 0.1) is 27.8 Å². The van der Waals surface area contributed by atoms with E-state index in [-0.39, 0.29) is 34.8 Å². The van der Waals surface area contributed by atoms with Crippen molar-refractivity contribution in [3.05, 3.63) is 161 Å². The maximum Gasteiger partial charge on any atom is 0.417 e. The first-order valence-electron chi connectivity index (χ1n) is 15.5. The first-order chi connectivity index (χ1) is 23.0. The highest BCUT2D eigenvalue weighted by molar-refractivity contribution is 7.92. The Balaban J connectivity index is 0.00000541. The van der Waals surface area contributed by atoms with Crippen molar-refractivity contribution in [3.63, 3.8) is 0 Å². The van der Waals surface area contributed by atoms with Crippen molar-refractivity contribution < 1.29 is 26.3 Å². The van der Waals surface area contributed by atoms with Crippen molar-refractivity contribution in [1.29, 1.82) is 0 Å². The van der Waals surface area contributed by atoms with Crippen molar-refractivity contribution in [1.82, 2.24) is 4.90 Å². The molecule has 0 aliphatic carbocycles. The van der Waals surface area contributed by atoms with Crippen LogP contribution in [0, 0.1) is 0 Å². The van der Waals surface area contributed by atoms with Gasteiger partial charge in [-0.1, -0.05) is 109 Å². The van der Waals surface area contributed by atoms with Gasteiger partial charge in [-0.25, -0.2) is 8.42 Å². The van der Waals surface area contributed by atoms with Crippen molar-refractivity contribution in [2.24, 2.45) is 0 Å². The van der Waals surface area contributed by atoms with Crippen LogP contribution in [0.1, 0.15) is 34.6 Å². The van der Waals surface area contributed by atoms with Gasteiger partial charge in [-0.15, -0.1) is 12.4 Å². The molecule has 0 N–H and O–H groups in total. The molecule has 0 atom stereocenters. The van der Waals surface area contributed by atoms with Gasteiger partial charge >= 0.3 is 6.18 Å². The third-order valence-electron chi connectivity index (χ3n) is 8.09. The highest BCUT2D eigenvalue weighted by Gasteiger charge is 2.34. The summed E-state index contributed by atoms with van der Waals surface area (Å²) >= 11 is 6.34. The molecule has 0 amide bonds. The molecule has 0 heterocycles. The summed E-state index contributed by atoms with van der Waals surface area (Å²) in [5.74, 6) is 0.457. The van der Waals surface area contributed by atoms with E-state index in [1.54, 1.807) is 60.7 Å². The van der Waals surface area contributed by atoms with E-state index in [1.165, 1.54) is 17.4 Å². The second-order valence-electron chi connectivity index (χ2n) is 11.4. The van der Waals surface area contributed by atoms with Crippen LogP contribution < -0.4 is 9.04 Å². The van der Waals surface area contributed by atoms with Gasteiger partial charge in [0.2, 0.25) is 0 Å². The van der Waals surface area contributed by atoms with E-state index in [1.807, 2.05) is 36.4 Å². The van der Waals surface area contributed by atoms with Gasteiger partial charge in [0.25, 0.3) is 10.0 Å². The molecule has 0 radical (unpaired) electrons. The summed E-state index contributed by atoms with van der Waals surface area (Å²) in [5, 5.41) is -0.298. The normalized spacial score (nSPS) is 11.7. The van der Waals surface area contributed by atoms with Crippen LogP contribution in [-0.4, -0.2) is 40.1 Å². The Kier molecular flexibility index (Phi) is 13.2. The Morgan fingerprint density at radius 2 is 1.35 bits per heavy atom. The van der Waals surface area contributed by atoms with E-state index in [2.05, 4.69) is 29.2 Å². The van der Waals surface area contributed by atoms with Crippen LogP contribution in [0.3, 0.4) is 0 Å². The summed E-state index contributed by atoms with van der Waals surface area (Å²) in [6.45, 7) is 1.53. The lowest BCUT2D eigenvalue weighted by molar-refractivity contribution is -0.137. The summed E-state index contributed by atoms with van der Waals surface area (Å²) in [7, 11) is -2.26. The minimum atomic E-state index is -4.56. The molecule has 258 valence electrons. The predicted molar refractivity (Wildman–Crippen MR) is 192 cm³/mol. The molecule has 5 aromatic carbocycles. The molecular formula is C38H37Cl2F3N2O3S. The first kappa shape index (κ1) is 37.8. The summed E-state index contributed by atoms with van der Waals surface area (Å²) in [6.07, 6.45) is -4.01. The zero-order valence-electron chi connectivity index (χ0n) is 26.8. The molecule has 0 spiro atoms. The maximum atomic E-state index is 13.7. The zero-order valence-corrected chi connectivity index (χ0v) is 29.2. The van der Waals surface area contributed by atoms with Crippen molar-refractivity contribution in [2.45, 2.75) is 30.0 Å². The summed E-state index contributed by atoms with van der Waals surface area (Å²) in [4.78, 5) is 2.29. The molecule has 0 fully saturated rings. The quantitative estimate of drug-likeness (QED) is 0.107. The summed E-state index contributed by atoms with van der Waals surface area (Å²) in [5.41, 5.74) is 2.16. The van der Waals surface area contributed by atoms with Gasteiger partial charge in [0.15, 0.2) is 0 Å². The molecule has 0 saturated heterocycles. The van der Waals surface area contributed by atoms with Crippen LogP contribution >= 0.6 is 24.0 Å². The second-order valence-corrected chi connectivity index (χ2v) is 13.7. The highest BCUT2D eigenvalue weighted by atomic mass is 35.5. The van der Waals surface area contributed by atoms with Crippen LogP contribution in [0.25, 0.3) is 0 Å². The van der Waals surface area contributed by atoms with Gasteiger partial charge in [-0.3, -0.25) is 9.21 Å². The van der Waals surface area contributed by atoms with Crippen LogP contribution in [0.5, 0.6) is 5.75 Å². The largest absolute Gasteiger partial charge is 0.493 e. The third-order valence-corrected chi connectivity index (χ3v) is 10.3. The summed E-state index contributed by atoms with van der Waals surface area (Å²) in [6, 6.07) is 39.1. The molecule has 0 aliphatic heterocycles. The van der Waals surface area contributed by atoms with Crippen molar-refractivity contribution >= 4 is 39.7 Å². The number of ether oxygens (including phenoxy) is 1. The SMILES string of the molecule is CN(c1cccc(OCCCN(Cc2cccc(C(F)(F)F)c2Cl)CC(c2ccccc2)c2ccccc2)c1)S(=O)(=O)c1ccccc1.Cl. The molecular weight excluding hydrogens is 692 g/mol. The van der Waals surface area contributed by atoms with Gasteiger partial charge in [-0.2, -0.15) is 13.2 Å². The van der Waals surface area contributed by atoms with Gasteiger partial charge in [-0.05, 0) is 53.4 Å². The van der Waals surface area contributed by atoms with E-state index in [4.69, 9.17) is 16.3 Å². The molecule has 0 aliphatic rings. The minimum absolute atomic E-state index is 0. The third kappa shape index (κ3) is 9.79. The van der Waals surface area contributed by atoms with E-state index in [0.29, 0.717) is 43.1 Å². The number of rotatable bonds is 14. The number of benzene rings is 5. The van der Waals surface area contributed by atoms with Crippen molar-refractivity contribution in [3.8, 4) is 5.75 Å². The maximum absolute atomic E-state index is 13.7. The lowest BCUT2D eigenvalue weighted by Gasteiger charge is -2.29. The average molecular weight is 730 g/mol. The first-order valence-corrected chi connectivity index (χ1v) is 17.3. The second kappa shape index (κ2) is 17.1. The number of nitrogens with zero attached hydrogens (tertiary/aromatic N) is 2. The fraction of sp³-hybridized carbons (Fsp3) is 0.211. The topological polar surface area (TPSA) is 49.9 Å². The van der Waals surface area contributed by atoms with E-state index in [9.17, 15) is 21.6 Å².